The number of imidazole rings is 1. The van der Waals surface area contributed by atoms with E-state index in [1.807, 2.05) is 31.2 Å². The molecule has 0 radical (unpaired) electrons. The van der Waals surface area contributed by atoms with Crippen molar-refractivity contribution in [1.29, 1.82) is 0 Å². The number of esters is 1. The molecule has 7 heteroatoms. The molecule has 0 aliphatic heterocycles. The summed E-state index contributed by atoms with van der Waals surface area (Å²) in [6.07, 6.45) is 0. The van der Waals surface area contributed by atoms with E-state index in [0.29, 0.717) is 34.6 Å². The van der Waals surface area contributed by atoms with Crippen molar-refractivity contribution >= 4 is 22.8 Å². The number of aromatic nitrogens is 3. The lowest BCUT2D eigenvalue weighted by Crippen LogP contribution is -2.27. The standard InChI is InChI=1S/C19H21N3O4/c1-5-21-13-8-6-7-9-14(13)22(19(21)25)10-15(23)17-11(2)16(12(3)20-17)18(24)26-4/h6-9,20H,5,10H2,1-4H3. The number of H-pyrrole nitrogens is 1. The summed E-state index contributed by atoms with van der Waals surface area (Å²) in [5.74, 6) is -0.753. The summed E-state index contributed by atoms with van der Waals surface area (Å²) in [6.45, 7) is 5.72. The minimum atomic E-state index is -0.491. The highest BCUT2D eigenvalue weighted by Gasteiger charge is 2.23. The second-order valence-corrected chi connectivity index (χ2v) is 6.14. The Morgan fingerprint density at radius 2 is 1.73 bits per heavy atom. The van der Waals surface area contributed by atoms with Gasteiger partial charge in [-0.25, -0.2) is 9.59 Å². The van der Waals surface area contributed by atoms with Gasteiger partial charge in [0.1, 0.15) is 0 Å². The van der Waals surface area contributed by atoms with Crippen LogP contribution in [-0.4, -0.2) is 33.0 Å². The molecule has 2 heterocycles. The zero-order valence-corrected chi connectivity index (χ0v) is 15.3. The van der Waals surface area contributed by atoms with E-state index < -0.39 is 5.97 Å². The fourth-order valence-corrected chi connectivity index (χ4v) is 3.39. The summed E-state index contributed by atoms with van der Waals surface area (Å²) in [6, 6.07) is 7.38. The number of ketones is 1. The summed E-state index contributed by atoms with van der Waals surface area (Å²) in [4.78, 5) is 40.4. The number of nitrogens with one attached hydrogen (secondary N) is 1. The number of carbonyl (C=O) groups excluding carboxylic acids is 2. The number of ether oxygens (including phenoxy) is 1. The Hall–Kier alpha value is -3.09. The lowest BCUT2D eigenvalue weighted by molar-refractivity contribution is 0.0599. The number of nitrogens with zero attached hydrogens (tertiary/aromatic N) is 2. The number of methoxy groups -OCH3 is 1. The van der Waals surface area contributed by atoms with Gasteiger partial charge in [0.15, 0.2) is 5.78 Å². The molecule has 0 bridgehead atoms. The van der Waals surface area contributed by atoms with Crippen LogP contribution >= 0.6 is 0 Å². The van der Waals surface area contributed by atoms with Gasteiger partial charge in [0.2, 0.25) is 0 Å². The van der Waals surface area contributed by atoms with Crippen molar-refractivity contribution in [3.8, 4) is 0 Å². The second-order valence-electron chi connectivity index (χ2n) is 6.14. The summed E-state index contributed by atoms with van der Waals surface area (Å²) in [7, 11) is 1.30. The fraction of sp³-hybridized carbons (Fsp3) is 0.316. The number of aryl methyl sites for hydroxylation is 2. The number of hydrogen-bond acceptors (Lipinski definition) is 4. The third kappa shape index (κ3) is 2.65. The average Bonchev–Trinajstić information content (AvgIpc) is 3.08. The Morgan fingerprint density at radius 1 is 1.12 bits per heavy atom. The topological polar surface area (TPSA) is 86.1 Å². The van der Waals surface area contributed by atoms with Crippen LogP contribution in [-0.2, 0) is 17.8 Å². The highest BCUT2D eigenvalue weighted by molar-refractivity contribution is 6.01. The molecule has 7 nitrogen and oxygen atoms in total. The van der Waals surface area contributed by atoms with E-state index in [4.69, 9.17) is 4.74 Å². The van der Waals surface area contributed by atoms with Crippen LogP contribution in [0.15, 0.2) is 29.1 Å². The fourth-order valence-electron chi connectivity index (χ4n) is 3.39. The molecule has 0 aliphatic carbocycles. The highest BCUT2D eigenvalue weighted by Crippen LogP contribution is 2.20. The van der Waals surface area contributed by atoms with Crippen molar-refractivity contribution in [2.75, 3.05) is 7.11 Å². The van der Waals surface area contributed by atoms with E-state index in [0.717, 1.165) is 5.52 Å². The van der Waals surface area contributed by atoms with Crippen LogP contribution in [0.5, 0.6) is 0 Å². The first-order valence-electron chi connectivity index (χ1n) is 8.39. The molecule has 3 rings (SSSR count). The number of aromatic amines is 1. The van der Waals surface area contributed by atoms with Crippen LogP contribution in [0.25, 0.3) is 11.0 Å². The van der Waals surface area contributed by atoms with Crippen LogP contribution in [0.1, 0.15) is 39.0 Å². The van der Waals surface area contributed by atoms with Gasteiger partial charge >= 0.3 is 11.7 Å². The lowest BCUT2D eigenvalue weighted by Gasteiger charge is -2.03. The molecule has 136 valence electrons. The van der Waals surface area contributed by atoms with E-state index in [9.17, 15) is 14.4 Å². The summed E-state index contributed by atoms with van der Waals surface area (Å²) in [5, 5.41) is 0. The Bertz CT molecular complexity index is 1070. The van der Waals surface area contributed by atoms with E-state index in [1.54, 1.807) is 18.4 Å². The molecule has 2 aromatic heterocycles. The Labute approximate surface area is 150 Å². The van der Waals surface area contributed by atoms with Crippen LogP contribution in [0, 0.1) is 13.8 Å². The van der Waals surface area contributed by atoms with E-state index in [-0.39, 0.29) is 18.0 Å². The van der Waals surface area contributed by atoms with Gasteiger partial charge in [-0.05, 0) is 38.5 Å². The molecule has 0 spiro atoms. The molecule has 0 fully saturated rings. The van der Waals surface area contributed by atoms with Crippen molar-refractivity contribution in [1.82, 2.24) is 14.1 Å². The molecule has 26 heavy (non-hydrogen) atoms. The summed E-state index contributed by atoms with van der Waals surface area (Å²) in [5.41, 5.74) is 3.07. The van der Waals surface area contributed by atoms with Gasteiger partial charge in [0.25, 0.3) is 0 Å². The Balaban J connectivity index is 2.05. The van der Waals surface area contributed by atoms with Gasteiger partial charge in [-0.2, -0.15) is 0 Å². The van der Waals surface area contributed by atoms with Crippen LogP contribution in [0.3, 0.4) is 0 Å². The van der Waals surface area contributed by atoms with Crippen LogP contribution in [0.2, 0.25) is 0 Å². The van der Waals surface area contributed by atoms with Crippen LogP contribution in [0.4, 0.5) is 0 Å². The smallest absolute Gasteiger partial charge is 0.339 e. The van der Waals surface area contributed by atoms with Crippen molar-refractivity contribution in [3.05, 3.63) is 57.3 Å². The number of benzene rings is 1. The molecule has 0 unspecified atom stereocenters. The van der Waals surface area contributed by atoms with Crippen molar-refractivity contribution in [3.63, 3.8) is 0 Å². The third-order valence-electron chi connectivity index (χ3n) is 4.65. The number of carbonyl (C=O) groups is 2. The first kappa shape index (κ1) is 17.7. The third-order valence-corrected chi connectivity index (χ3v) is 4.65. The maximum absolute atomic E-state index is 12.9. The molecule has 1 N–H and O–H groups in total. The predicted molar refractivity (Wildman–Crippen MR) is 97.8 cm³/mol. The molecule has 0 saturated heterocycles. The first-order valence-corrected chi connectivity index (χ1v) is 8.39. The van der Waals surface area contributed by atoms with Crippen molar-refractivity contribution < 1.29 is 14.3 Å². The lowest BCUT2D eigenvalue weighted by atomic mass is 10.1. The Morgan fingerprint density at radius 3 is 2.31 bits per heavy atom. The predicted octanol–water partition coefficient (Wildman–Crippen LogP) is 2.44. The van der Waals surface area contributed by atoms with Gasteiger partial charge in [-0.3, -0.25) is 13.9 Å². The van der Waals surface area contributed by atoms with Gasteiger partial charge in [-0.1, -0.05) is 12.1 Å². The number of rotatable bonds is 5. The molecule has 0 amide bonds. The minimum absolute atomic E-state index is 0.103. The summed E-state index contributed by atoms with van der Waals surface area (Å²) < 4.78 is 7.88. The SMILES string of the molecule is CCn1c(=O)n(CC(=O)c2[nH]c(C)c(C(=O)OC)c2C)c2ccccc21. The maximum Gasteiger partial charge on any atom is 0.339 e. The zero-order chi connectivity index (χ0) is 19.0. The molecular weight excluding hydrogens is 334 g/mol. The Kier molecular flexibility index (Phi) is 4.54. The van der Waals surface area contributed by atoms with Crippen molar-refractivity contribution in [2.45, 2.75) is 33.9 Å². The van der Waals surface area contributed by atoms with Gasteiger partial charge in [0, 0.05) is 12.2 Å². The maximum atomic E-state index is 12.9. The number of fused-ring (bicyclic) bond motifs is 1. The average molecular weight is 355 g/mol. The highest BCUT2D eigenvalue weighted by atomic mass is 16.5. The normalized spacial score (nSPS) is 11.1. The van der Waals surface area contributed by atoms with Crippen molar-refractivity contribution in [2.24, 2.45) is 0 Å². The molecule has 0 atom stereocenters. The van der Waals surface area contributed by atoms with Gasteiger partial charge in [-0.15, -0.1) is 0 Å². The summed E-state index contributed by atoms with van der Waals surface area (Å²) >= 11 is 0. The van der Waals surface area contributed by atoms with E-state index in [1.165, 1.54) is 11.7 Å². The quantitative estimate of drug-likeness (QED) is 0.563. The van der Waals surface area contributed by atoms with E-state index in [2.05, 4.69) is 4.98 Å². The minimum Gasteiger partial charge on any atom is -0.465 e. The second kappa shape index (κ2) is 6.67. The number of Topliss-reactive ketones (excluding diaryl/α,β-unsaturated/α-hetero) is 1. The van der Waals surface area contributed by atoms with E-state index >= 15 is 0 Å². The number of para-hydroxylation sites is 2. The molecule has 0 aliphatic rings. The largest absolute Gasteiger partial charge is 0.465 e. The number of hydrogen-bond donors (Lipinski definition) is 1. The van der Waals surface area contributed by atoms with Crippen LogP contribution < -0.4 is 5.69 Å². The molecule has 0 saturated carbocycles. The molecular formula is C19H21N3O4. The molecule has 3 aromatic rings. The first-order chi connectivity index (χ1) is 12.4. The molecule has 1 aromatic carbocycles. The monoisotopic (exact) mass is 355 g/mol. The van der Waals surface area contributed by atoms with Gasteiger partial charge in [0.05, 0.1) is 35.9 Å². The zero-order valence-electron chi connectivity index (χ0n) is 15.3. The van der Waals surface area contributed by atoms with Gasteiger partial charge < -0.3 is 9.72 Å².